The number of nitrogens with zero attached hydrogens (tertiary/aromatic N) is 1. The highest BCUT2D eigenvalue weighted by Crippen LogP contribution is 2.64. The highest BCUT2D eigenvalue weighted by Gasteiger charge is 2.53. The van der Waals surface area contributed by atoms with Gasteiger partial charge in [-0.15, -0.1) is 0 Å². The van der Waals surface area contributed by atoms with E-state index in [1.54, 1.807) is 0 Å². The van der Waals surface area contributed by atoms with Gasteiger partial charge in [0.2, 0.25) is 0 Å². The second-order valence-corrected chi connectivity index (χ2v) is 22.2. The van der Waals surface area contributed by atoms with Crippen LogP contribution in [0.1, 0.15) is 111 Å². The van der Waals surface area contributed by atoms with E-state index in [0.29, 0.717) is 0 Å². The van der Waals surface area contributed by atoms with Crippen LogP contribution >= 0.6 is 0 Å². The van der Waals surface area contributed by atoms with E-state index in [1.807, 2.05) is 0 Å². The third-order valence-electron chi connectivity index (χ3n) is 15.3. The molecule has 340 valence electrons. The van der Waals surface area contributed by atoms with Crippen LogP contribution in [0.15, 0.2) is 200 Å². The summed E-state index contributed by atoms with van der Waals surface area (Å²) < 4.78 is 0. The van der Waals surface area contributed by atoms with Crippen LogP contribution in [0, 0.1) is 13.8 Å². The number of anilines is 3. The van der Waals surface area contributed by atoms with Gasteiger partial charge in [-0.05, 0) is 150 Å². The van der Waals surface area contributed by atoms with Crippen LogP contribution < -0.4 is 4.90 Å². The smallest absolute Gasteiger partial charge is 0.0720 e. The van der Waals surface area contributed by atoms with E-state index in [0.717, 1.165) is 11.4 Å². The Morgan fingerprint density at radius 3 is 1.43 bits per heavy atom. The van der Waals surface area contributed by atoms with Crippen LogP contribution in [0.3, 0.4) is 0 Å². The molecule has 0 amide bonds. The zero-order chi connectivity index (χ0) is 48.0. The average Bonchev–Trinajstić information content (AvgIpc) is 3.77. The van der Waals surface area contributed by atoms with E-state index >= 15 is 0 Å². The zero-order valence-electron chi connectivity index (χ0n) is 42.0. The van der Waals surface area contributed by atoms with Crippen molar-refractivity contribution in [3.8, 4) is 44.5 Å². The van der Waals surface area contributed by atoms with Crippen molar-refractivity contribution >= 4 is 17.1 Å². The van der Waals surface area contributed by atoms with Crippen LogP contribution in [0.2, 0.25) is 0 Å². The molecule has 0 atom stereocenters. The summed E-state index contributed by atoms with van der Waals surface area (Å²) in [6.45, 7) is 23.9. The van der Waals surface area contributed by atoms with Crippen molar-refractivity contribution in [1.29, 1.82) is 0 Å². The van der Waals surface area contributed by atoms with Gasteiger partial charge in [-0.2, -0.15) is 0 Å². The third kappa shape index (κ3) is 6.87. The molecule has 9 aromatic carbocycles. The van der Waals surface area contributed by atoms with E-state index in [9.17, 15) is 0 Å². The molecule has 0 unspecified atom stereocenters. The lowest BCUT2D eigenvalue weighted by Gasteiger charge is -2.41. The molecule has 0 N–H and O–H groups in total. The van der Waals surface area contributed by atoms with E-state index < -0.39 is 5.41 Å². The van der Waals surface area contributed by atoms with Crippen LogP contribution in [-0.2, 0) is 21.7 Å². The number of rotatable bonds is 7. The van der Waals surface area contributed by atoms with Crippen molar-refractivity contribution in [3.63, 3.8) is 0 Å². The van der Waals surface area contributed by atoms with Crippen LogP contribution in [0.4, 0.5) is 17.1 Å². The van der Waals surface area contributed by atoms with Crippen LogP contribution in [-0.4, -0.2) is 0 Å². The maximum atomic E-state index is 2.55. The first kappa shape index (κ1) is 44.3. The van der Waals surface area contributed by atoms with Gasteiger partial charge in [0.15, 0.2) is 0 Å². The number of aryl methyl sites for hydroxylation is 2. The molecule has 0 aliphatic heterocycles. The topological polar surface area (TPSA) is 3.24 Å². The molecule has 0 saturated heterocycles. The summed E-state index contributed by atoms with van der Waals surface area (Å²) in [5.74, 6) is 0. The predicted molar refractivity (Wildman–Crippen MR) is 294 cm³/mol. The number of fused-ring (bicyclic) bond motifs is 6. The van der Waals surface area contributed by atoms with Crippen LogP contribution in [0.25, 0.3) is 44.5 Å². The monoisotopic (exact) mass is 893 g/mol. The molecule has 0 heterocycles. The molecule has 11 rings (SSSR count). The summed E-state index contributed by atoms with van der Waals surface area (Å²) in [5.41, 5.74) is 26.1. The van der Waals surface area contributed by atoms with Gasteiger partial charge in [-0.3, -0.25) is 0 Å². The van der Waals surface area contributed by atoms with Crippen LogP contribution in [0.5, 0.6) is 0 Å². The molecule has 0 radical (unpaired) electrons. The second kappa shape index (κ2) is 16.2. The van der Waals surface area contributed by atoms with E-state index in [-0.39, 0.29) is 16.2 Å². The van der Waals surface area contributed by atoms with Crippen molar-refractivity contribution in [2.45, 2.75) is 90.9 Å². The molecule has 0 bridgehead atoms. The normalized spacial score (nSPS) is 14.2. The van der Waals surface area contributed by atoms with Gasteiger partial charge in [-0.25, -0.2) is 0 Å². The lowest BCUT2D eigenvalue weighted by atomic mass is 9.61. The quantitative estimate of drug-likeness (QED) is 0.154. The minimum absolute atomic E-state index is 0.123. The Balaban J connectivity index is 1.23. The number of hydrogen-bond donors (Lipinski definition) is 0. The lowest BCUT2D eigenvalue weighted by molar-refractivity contribution is 0.553. The minimum atomic E-state index is -0.615. The Labute approximate surface area is 411 Å². The molecule has 2 aliphatic rings. The van der Waals surface area contributed by atoms with Gasteiger partial charge in [-0.1, -0.05) is 225 Å². The highest BCUT2D eigenvalue weighted by molar-refractivity contribution is 6.00. The minimum Gasteiger partial charge on any atom is -0.310 e. The Morgan fingerprint density at radius 1 is 0.377 bits per heavy atom. The van der Waals surface area contributed by atoms with E-state index in [4.69, 9.17) is 0 Å². The summed E-state index contributed by atoms with van der Waals surface area (Å²) in [5, 5.41) is 0. The van der Waals surface area contributed by atoms with Gasteiger partial charge in [0.05, 0.1) is 11.1 Å². The van der Waals surface area contributed by atoms with Crippen molar-refractivity contribution < 1.29 is 0 Å². The summed E-state index contributed by atoms with van der Waals surface area (Å²) in [6.07, 6.45) is 0. The number of benzene rings is 9. The molecule has 1 nitrogen and oxygen atoms in total. The summed E-state index contributed by atoms with van der Waals surface area (Å²) in [4.78, 5) is 2.55. The molecule has 69 heavy (non-hydrogen) atoms. The SMILES string of the molecule is Cc1ccc2c(c1C(C)(C)C)C(c1ccccc1)(c1ccccc1)c1c-2c(N(c2ccc(-c3ccccc3)cc2)c2ccc(-c3cccc4c3C(C)(C)c3ccccc3-4)cc2)cc(C)c1C(C)(C)C. The highest BCUT2D eigenvalue weighted by atomic mass is 15.1. The molecule has 9 aromatic rings. The largest absolute Gasteiger partial charge is 0.310 e. The molecular formula is C68H63N. The van der Waals surface area contributed by atoms with Gasteiger partial charge in [0.25, 0.3) is 0 Å². The maximum absolute atomic E-state index is 2.55. The first-order valence-corrected chi connectivity index (χ1v) is 24.9. The van der Waals surface area contributed by atoms with Crippen molar-refractivity contribution in [1.82, 2.24) is 0 Å². The lowest BCUT2D eigenvalue weighted by Crippen LogP contribution is -2.35. The van der Waals surface area contributed by atoms with E-state index in [1.165, 1.54) is 106 Å². The van der Waals surface area contributed by atoms with Crippen molar-refractivity contribution in [2.75, 3.05) is 4.90 Å². The Bertz CT molecular complexity index is 3360. The number of hydrogen-bond acceptors (Lipinski definition) is 1. The van der Waals surface area contributed by atoms with Gasteiger partial charge >= 0.3 is 0 Å². The van der Waals surface area contributed by atoms with Crippen molar-refractivity contribution in [2.24, 2.45) is 0 Å². The first-order chi connectivity index (χ1) is 33.1. The summed E-state index contributed by atoms with van der Waals surface area (Å²) in [6, 6.07) is 75.4. The summed E-state index contributed by atoms with van der Waals surface area (Å²) in [7, 11) is 0. The Kier molecular flexibility index (Phi) is 10.4. The zero-order valence-corrected chi connectivity index (χ0v) is 42.0. The third-order valence-corrected chi connectivity index (χ3v) is 15.3. The molecule has 2 aliphatic carbocycles. The van der Waals surface area contributed by atoms with Gasteiger partial charge in [0, 0.05) is 22.4 Å². The molecule has 0 aromatic heterocycles. The average molecular weight is 894 g/mol. The second-order valence-electron chi connectivity index (χ2n) is 22.2. The molecular weight excluding hydrogens is 831 g/mol. The fraction of sp³-hybridized carbons (Fsp3) is 0.206. The molecule has 0 spiro atoms. The molecule has 0 saturated carbocycles. The van der Waals surface area contributed by atoms with Gasteiger partial charge < -0.3 is 4.90 Å². The maximum Gasteiger partial charge on any atom is 0.0720 e. The predicted octanol–water partition coefficient (Wildman–Crippen LogP) is 18.4. The molecule has 1 heteroatoms. The fourth-order valence-electron chi connectivity index (χ4n) is 12.8. The molecule has 0 fully saturated rings. The summed E-state index contributed by atoms with van der Waals surface area (Å²) >= 11 is 0. The standard InChI is InChI=1S/C68H63N/c1-44-33-42-56-59-58(43-45(2)61(66(6,7)8)64(59)68(49-25-16-12-17-26-49,50-27-18-13-19-28-50)63(56)60(44)65(3,4)5)69(51-38-34-47(35-39-51)46-23-14-11-15-24-46)52-40-36-48(37-41-52)53-30-22-31-55-54-29-20-21-32-57(54)67(9,10)62(53)55/h11-43H,1-10H3. The Morgan fingerprint density at radius 2 is 0.855 bits per heavy atom. The van der Waals surface area contributed by atoms with Crippen molar-refractivity contribution in [3.05, 3.63) is 256 Å². The van der Waals surface area contributed by atoms with Gasteiger partial charge in [0.1, 0.15) is 0 Å². The van der Waals surface area contributed by atoms with E-state index in [2.05, 4.69) is 274 Å². The Hall–Kier alpha value is -7.22. The fourth-order valence-corrected chi connectivity index (χ4v) is 12.8. The first-order valence-electron chi connectivity index (χ1n) is 24.9.